The number of para-hydroxylation sites is 1. The zero-order chi connectivity index (χ0) is 11.0. The lowest BCUT2D eigenvalue weighted by Gasteiger charge is -2.02. The molecule has 2 aromatic heterocycles. The van der Waals surface area contributed by atoms with Gasteiger partial charge in [0.2, 0.25) is 0 Å². The van der Waals surface area contributed by atoms with Crippen molar-refractivity contribution in [3.63, 3.8) is 0 Å². The Morgan fingerprint density at radius 3 is 2.88 bits per heavy atom. The third-order valence-corrected chi connectivity index (χ3v) is 2.35. The molecule has 3 rings (SSSR count). The normalized spacial score (nSPS) is 10.8. The molecule has 16 heavy (non-hydrogen) atoms. The number of fused-ring (bicyclic) bond motifs is 1. The van der Waals surface area contributed by atoms with Gasteiger partial charge >= 0.3 is 0 Å². The molecule has 0 bridgehead atoms. The van der Waals surface area contributed by atoms with Crippen molar-refractivity contribution in [2.75, 3.05) is 5.73 Å². The molecule has 0 atom stereocenters. The van der Waals surface area contributed by atoms with Crippen LogP contribution in [0.15, 0.2) is 41.2 Å². The fraction of sp³-hybridized carbons (Fsp3) is 0. The molecule has 0 saturated heterocycles. The molecule has 0 fully saturated rings. The van der Waals surface area contributed by atoms with E-state index in [0.29, 0.717) is 17.3 Å². The topological polar surface area (TPSA) is 77.8 Å². The van der Waals surface area contributed by atoms with Gasteiger partial charge in [0, 0.05) is 5.39 Å². The second kappa shape index (κ2) is 3.30. The van der Waals surface area contributed by atoms with E-state index < -0.39 is 0 Å². The molecule has 0 radical (unpaired) electrons. The summed E-state index contributed by atoms with van der Waals surface area (Å²) >= 11 is 0. The number of benzene rings is 1. The number of pyridine rings is 1. The Kier molecular flexibility index (Phi) is 1.83. The van der Waals surface area contributed by atoms with Gasteiger partial charge in [-0.1, -0.05) is 23.4 Å². The fourth-order valence-corrected chi connectivity index (χ4v) is 1.59. The number of nitrogen functional groups attached to an aromatic ring is 1. The van der Waals surface area contributed by atoms with Crippen LogP contribution >= 0.6 is 0 Å². The van der Waals surface area contributed by atoms with E-state index in [1.165, 1.54) is 6.33 Å². The third kappa shape index (κ3) is 1.30. The Labute approximate surface area is 90.9 Å². The first-order chi connectivity index (χ1) is 7.84. The molecule has 0 aliphatic rings. The molecule has 2 N–H and O–H groups in total. The number of hydrogen-bond donors (Lipinski definition) is 1. The standard InChI is InChI=1S/C11H8N4O/c12-10-8(11-13-6-14-16-11)5-7-3-1-2-4-9(7)15-10/h1-6H,(H2,12,15). The summed E-state index contributed by atoms with van der Waals surface area (Å²) in [7, 11) is 0. The Morgan fingerprint density at radius 2 is 2.06 bits per heavy atom. The largest absolute Gasteiger partial charge is 0.383 e. The first-order valence-corrected chi connectivity index (χ1v) is 4.77. The highest BCUT2D eigenvalue weighted by Gasteiger charge is 2.10. The monoisotopic (exact) mass is 212 g/mol. The van der Waals surface area contributed by atoms with Crippen molar-refractivity contribution >= 4 is 16.7 Å². The number of nitrogens with two attached hydrogens (primary N) is 1. The number of nitrogens with zero attached hydrogens (tertiary/aromatic N) is 3. The molecular formula is C11H8N4O. The van der Waals surface area contributed by atoms with E-state index in [0.717, 1.165) is 10.9 Å². The quantitative estimate of drug-likeness (QED) is 0.666. The van der Waals surface area contributed by atoms with Gasteiger partial charge in [-0.2, -0.15) is 4.98 Å². The first kappa shape index (κ1) is 8.84. The minimum atomic E-state index is 0.385. The summed E-state index contributed by atoms with van der Waals surface area (Å²) in [6.45, 7) is 0. The molecule has 2 heterocycles. The number of anilines is 1. The van der Waals surface area contributed by atoms with Gasteiger partial charge in [-0.25, -0.2) is 4.98 Å². The maximum atomic E-state index is 5.84. The molecule has 78 valence electrons. The number of hydrogen-bond acceptors (Lipinski definition) is 5. The summed E-state index contributed by atoms with van der Waals surface area (Å²) in [6.07, 6.45) is 1.34. The Morgan fingerprint density at radius 1 is 1.19 bits per heavy atom. The molecule has 3 aromatic rings. The maximum absolute atomic E-state index is 5.84. The van der Waals surface area contributed by atoms with Crippen LogP contribution in [-0.2, 0) is 0 Å². The van der Waals surface area contributed by atoms with Crippen molar-refractivity contribution in [1.82, 2.24) is 15.1 Å². The Bertz CT molecular complexity index is 634. The van der Waals surface area contributed by atoms with Crippen LogP contribution in [0, 0.1) is 0 Å². The van der Waals surface area contributed by atoms with E-state index in [2.05, 4.69) is 15.1 Å². The molecule has 0 spiro atoms. The van der Waals surface area contributed by atoms with Gasteiger partial charge in [-0.15, -0.1) is 0 Å². The van der Waals surface area contributed by atoms with Crippen molar-refractivity contribution < 1.29 is 4.52 Å². The lowest BCUT2D eigenvalue weighted by Crippen LogP contribution is -1.95. The maximum Gasteiger partial charge on any atom is 0.261 e. The van der Waals surface area contributed by atoms with Crippen LogP contribution in [0.25, 0.3) is 22.4 Å². The highest BCUT2D eigenvalue weighted by Crippen LogP contribution is 2.26. The second-order valence-corrected chi connectivity index (χ2v) is 3.36. The van der Waals surface area contributed by atoms with Crippen molar-refractivity contribution in [2.24, 2.45) is 0 Å². The van der Waals surface area contributed by atoms with Crippen LogP contribution in [0.5, 0.6) is 0 Å². The molecule has 0 aliphatic carbocycles. The molecular weight excluding hydrogens is 204 g/mol. The van der Waals surface area contributed by atoms with E-state index in [9.17, 15) is 0 Å². The third-order valence-electron chi connectivity index (χ3n) is 2.35. The van der Waals surface area contributed by atoms with Crippen LogP contribution in [0.4, 0.5) is 5.82 Å². The number of rotatable bonds is 1. The van der Waals surface area contributed by atoms with Crippen LogP contribution < -0.4 is 5.73 Å². The summed E-state index contributed by atoms with van der Waals surface area (Å²) in [5.74, 6) is 0.777. The van der Waals surface area contributed by atoms with E-state index in [1.54, 1.807) is 0 Å². The van der Waals surface area contributed by atoms with Gasteiger partial charge in [0.15, 0.2) is 6.33 Å². The first-order valence-electron chi connectivity index (χ1n) is 4.77. The van der Waals surface area contributed by atoms with E-state index in [1.807, 2.05) is 30.3 Å². The van der Waals surface area contributed by atoms with Gasteiger partial charge in [-0.05, 0) is 12.1 Å². The summed E-state index contributed by atoms with van der Waals surface area (Å²) in [6, 6.07) is 9.62. The predicted molar refractivity (Wildman–Crippen MR) is 59.4 cm³/mol. The van der Waals surface area contributed by atoms with Crippen LogP contribution in [-0.4, -0.2) is 15.1 Å². The molecule has 1 aromatic carbocycles. The van der Waals surface area contributed by atoms with E-state index in [-0.39, 0.29) is 0 Å². The summed E-state index contributed by atoms with van der Waals surface area (Å²) in [5, 5.41) is 4.54. The van der Waals surface area contributed by atoms with Crippen molar-refractivity contribution in [2.45, 2.75) is 0 Å². The van der Waals surface area contributed by atoms with Crippen molar-refractivity contribution in [1.29, 1.82) is 0 Å². The number of aromatic nitrogens is 3. The highest BCUT2D eigenvalue weighted by atomic mass is 16.5. The average Bonchev–Trinajstić information content (AvgIpc) is 2.81. The summed E-state index contributed by atoms with van der Waals surface area (Å²) in [4.78, 5) is 8.24. The van der Waals surface area contributed by atoms with Gasteiger partial charge in [0.05, 0.1) is 11.1 Å². The second-order valence-electron chi connectivity index (χ2n) is 3.36. The SMILES string of the molecule is Nc1nc2ccccc2cc1-c1ncno1. The molecule has 0 saturated carbocycles. The summed E-state index contributed by atoms with van der Waals surface area (Å²) in [5.41, 5.74) is 7.35. The Balaban J connectivity index is 2.30. The Hall–Kier alpha value is -2.43. The predicted octanol–water partition coefficient (Wildman–Crippen LogP) is 1.87. The lowest BCUT2D eigenvalue weighted by molar-refractivity contribution is 0.430. The van der Waals surface area contributed by atoms with Gasteiger partial charge in [0.1, 0.15) is 5.82 Å². The minimum Gasteiger partial charge on any atom is -0.383 e. The minimum absolute atomic E-state index is 0.385. The van der Waals surface area contributed by atoms with E-state index >= 15 is 0 Å². The van der Waals surface area contributed by atoms with E-state index in [4.69, 9.17) is 10.3 Å². The van der Waals surface area contributed by atoms with Gasteiger partial charge in [-0.3, -0.25) is 0 Å². The average molecular weight is 212 g/mol. The van der Waals surface area contributed by atoms with Crippen LogP contribution in [0.1, 0.15) is 0 Å². The van der Waals surface area contributed by atoms with Crippen molar-refractivity contribution in [3.8, 4) is 11.5 Å². The summed E-state index contributed by atoms with van der Waals surface area (Å²) < 4.78 is 4.97. The van der Waals surface area contributed by atoms with Crippen LogP contribution in [0.3, 0.4) is 0 Å². The molecule has 0 unspecified atom stereocenters. The smallest absolute Gasteiger partial charge is 0.261 e. The molecule has 5 nitrogen and oxygen atoms in total. The van der Waals surface area contributed by atoms with Crippen molar-refractivity contribution in [3.05, 3.63) is 36.7 Å². The fourth-order valence-electron chi connectivity index (χ4n) is 1.59. The van der Waals surface area contributed by atoms with Gasteiger partial charge in [0.25, 0.3) is 5.89 Å². The zero-order valence-electron chi connectivity index (χ0n) is 8.29. The molecule has 0 aliphatic heterocycles. The lowest BCUT2D eigenvalue weighted by atomic mass is 10.1. The van der Waals surface area contributed by atoms with Crippen LogP contribution in [0.2, 0.25) is 0 Å². The molecule has 5 heteroatoms. The highest BCUT2D eigenvalue weighted by molar-refractivity contribution is 5.86. The zero-order valence-corrected chi connectivity index (χ0v) is 8.29. The van der Waals surface area contributed by atoms with Gasteiger partial charge < -0.3 is 10.3 Å². The molecule has 0 amide bonds.